The zero-order chi connectivity index (χ0) is 21.2. The fraction of sp³-hybridized carbons (Fsp3) is 0.500. The van der Waals surface area contributed by atoms with Crippen molar-refractivity contribution in [3.8, 4) is 10.6 Å². The second-order valence-electron chi connectivity index (χ2n) is 7.47. The molecular weight excluding hydrogens is 388 g/mol. The number of ether oxygens (including phenoxy) is 1. The van der Waals surface area contributed by atoms with Gasteiger partial charge in [-0.3, -0.25) is 14.9 Å². The number of hydrogen-bond acceptors (Lipinski definition) is 6. The molecule has 2 aromatic rings. The molecule has 1 aromatic heterocycles. The molecule has 2 N–H and O–H groups in total. The van der Waals surface area contributed by atoms with E-state index in [2.05, 4.69) is 10.3 Å². The minimum absolute atomic E-state index is 0.185. The van der Waals surface area contributed by atoms with Crippen LogP contribution in [0.1, 0.15) is 45.7 Å². The molecule has 1 heterocycles. The number of aliphatic carboxylic acids is 1. The largest absolute Gasteiger partial charge is 0.480 e. The van der Waals surface area contributed by atoms with Crippen LogP contribution in [-0.2, 0) is 20.7 Å². The Labute approximate surface area is 176 Å². The Morgan fingerprint density at radius 3 is 2.55 bits per heavy atom. The van der Waals surface area contributed by atoms with Crippen LogP contribution < -0.4 is 5.32 Å². The van der Waals surface area contributed by atoms with Crippen molar-refractivity contribution >= 4 is 23.3 Å². The third-order valence-corrected chi connectivity index (χ3v) is 5.36. The van der Waals surface area contributed by atoms with E-state index >= 15 is 0 Å². The summed E-state index contributed by atoms with van der Waals surface area (Å²) in [6, 6.07) is 8.26. The second-order valence-corrected chi connectivity index (χ2v) is 8.33. The lowest BCUT2D eigenvalue weighted by Crippen LogP contribution is -2.49. The second kappa shape index (κ2) is 11.7. The lowest BCUT2D eigenvalue weighted by molar-refractivity contribution is -0.147. The summed E-state index contributed by atoms with van der Waals surface area (Å²) in [6.45, 7) is 6.27. The fourth-order valence-corrected chi connectivity index (χ4v) is 3.74. The molecule has 0 bridgehead atoms. The van der Waals surface area contributed by atoms with Gasteiger partial charge in [0.15, 0.2) is 0 Å². The van der Waals surface area contributed by atoms with Crippen molar-refractivity contribution in [3.05, 3.63) is 41.4 Å². The van der Waals surface area contributed by atoms with Crippen LogP contribution in [0.25, 0.3) is 10.6 Å². The average molecular weight is 419 g/mol. The predicted molar refractivity (Wildman–Crippen MR) is 115 cm³/mol. The normalized spacial score (nSPS) is 13.2. The molecule has 0 saturated heterocycles. The van der Waals surface area contributed by atoms with Crippen molar-refractivity contribution < 1.29 is 19.4 Å². The van der Waals surface area contributed by atoms with Gasteiger partial charge in [0, 0.05) is 17.4 Å². The maximum atomic E-state index is 12.6. The number of benzene rings is 1. The lowest BCUT2D eigenvalue weighted by atomic mass is 10.0. The maximum Gasteiger partial charge on any atom is 0.323 e. The van der Waals surface area contributed by atoms with E-state index in [0.29, 0.717) is 13.0 Å². The van der Waals surface area contributed by atoms with Crippen LogP contribution in [0.15, 0.2) is 35.7 Å². The molecule has 2 atom stereocenters. The highest BCUT2D eigenvalue weighted by Crippen LogP contribution is 2.24. The molecule has 0 saturated carbocycles. The molecule has 0 aliphatic rings. The van der Waals surface area contributed by atoms with Gasteiger partial charge in [-0.25, -0.2) is 4.98 Å². The first-order valence-electron chi connectivity index (χ1n) is 10.1. The average Bonchev–Trinajstić information content (AvgIpc) is 3.16. The Morgan fingerprint density at radius 1 is 1.21 bits per heavy atom. The molecule has 0 aliphatic carbocycles. The van der Waals surface area contributed by atoms with Crippen molar-refractivity contribution in [2.45, 2.75) is 58.5 Å². The van der Waals surface area contributed by atoms with E-state index < -0.39 is 24.0 Å². The Hall–Kier alpha value is -2.25. The molecule has 0 aliphatic heterocycles. The molecule has 0 unspecified atom stereocenters. The van der Waals surface area contributed by atoms with Crippen LogP contribution in [-0.4, -0.2) is 40.7 Å². The zero-order valence-corrected chi connectivity index (χ0v) is 18.1. The molecule has 29 heavy (non-hydrogen) atoms. The first-order chi connectivity index (χ1) is 13.9. The van der Waals surface area contributed by atoms with Gasteiger partial charge in [0.2, 0.25) is 0 Å². The first kappa shape index (κ1) is 23.0. The van der Waals surface area contributed by atoms with Gasteiger partial charge in [-0.15, -0.1) is 11.3 Å². The summed E-state index contributed by atoms with van der Waals surface area (Å²) in [5, 5.41) is 15.3. The van der Waals surface area contributed by atoms with Gasteiger partial charge in [-0.2, -0.15) is 0 Å². The van der Waals surface area contributed by atoms with Crippen LogP contribution in [0.3, 0.4) is 0 Å². The van der Waals surface area contributed by atoms with Crippen LogP contribution >= 0.6 is 11.3 Å². The molecule has 0 spiro atoms. The maximum absolute atomic E-state index is 12.6. The SMILES string of the molecule is CCCCOC(=O)[C@H](Cc1csc(-c2ccccc2)n1)N[C@@H](CC(C)C)C(=O)O. The summed E-state index contributed by atoms with van der Waals surface area (Å²) in [5.74, 6) is -1.21. The minimum Gasteiger partial charge on any atom is -0.480 e. The van der Waals surface area contributed by atoms with Crippen LogP contribution in [0, 0.1) is 5.92 Å². The van der Waals surface area contributed by atoms with Gasteiger partial charge in [0.05, 0.1) is 12.3 Å². The third-order valence-electron chi connectivity index (χ3n) is 4.42. The fourth-order valence-electron chi connectivity index (χ4n) is 2.91. The van der Waals surface area contributed by atoms with E-state index in [1.807, 2.05) is 56.5 Å². The number of thiazole rings is 1. The number of esters is 1. The third kappa shape index (κ3) is 7.59. The summed E-state index contributed by atoms with van der Waals surface area (Å²) >= 11 is 1.51. The Morgan fingerprint density at radius 2 is 1.93 bits per heavy atom. The molecule has 1 aromatic carbocycles. The van der Waals surface area contributed by atoms with Crippen molar-refractivity contribution in [3.63, 3.8) is 0 Å². The number of aromatic nitrogens is 1. The number of unbranched alkanes of at least 4 members (excludes halogenated alkanes) is 1. The minimum atomic E-state index is -0.965. The van der Waals surface area contributed by atoms with Gasteiger partial charge in [0.1, 0.15) is 17.1 Å². The van der Waals surface area contributed by atoms with Crippen molar-refractivity contribution in [1.82, 2.24) is 10.3 Å². The molecule has 0 fully saturated rings. The van der Waals surface area contributed by atoms with Crippen molar-refractivity contribution in [2.75, 3.05) is 6.61 Å². The quantitative estimate of drug-likeness (QED) is 0.398. The number of carbonyl (C=O) groups excluding carboxylic acids is 1. The van der Waals surface area contributed by atoms with E-state index in [4.69, 9.17) is 4.74 Å². The van der Waals surface area contributed by atoms with Crippen LogP contribution in [0.5, 0.6) is 0 Å². The molecule has 6 nitrogen and oxygen atoms in total. The molecule has 158 valence electrons. The van der Waals surface area contributed by atoms with E-state index in [0.717, 1.165) is 29.1 Å². The monoisotopic (exact) mass is 418 g/mol. The molecular formula is C22H30N2O4S. The number of carbonyl (C=O) groups is 2. The van der Waals surface area contributed by atoms with E-state index in [1.165, 1.54) is 11.3 Å². The van der Waals surface area contributed by atoms with Crippen LogP contribution in [0.2, 0.25) is 0 Å². The number of nitrogens with zero attached hydrogens (tertiary/aromatic N) is 1. The van der Waals surface area contributed by atoms with E-state index in [-0.39, 0.29) is 12.3 Å². The first-order valence-corrected chi connectivity index (χ1v) is 10.9. The Kier molecular flexibility index (Phi) is 9.28. The van der Waals surface area contributed by atoms with Crippen LogP contribution in [0.4, 0.5) is 0 Å². The smallest absolute Gasteiger partial charge is 0.323 e. The van der Waals surface area contributed by atoms with Gasteiger partial charge < -0.3 is 9.84 Å². The highest BCUT2D eigenvalue weighted by molar-refractivity contribution is 7.13. The van der Waals surface area contributed by atoms with Gasteiger partial charge in [0.25, 0.3) is 0 Å². The number of carboxylic acids is 1. The van der Waals surface area contributed by atoms with Gasteiger partial charge in [-0.1, -0.05) is 57.5 Å². The number of hydrogen-bond donors (Lipinski definition) is 2. The summed E-state index contributed by atoms with van der Waals surface area (Å²) in [6.07, 6.45) is 2.42. The standard InChI is InChI=1S/C22H30N2O4S/c1-4-5-11-28-22(27)19(24-18(21(25)26)12-15(2)3)13-17-14-29-20(23-17)16-9-7-6-8-10-16/h6-10,14-15,18-19,24H,4-5,11-13H2,1-3H3,(H,25,26)/t18-,19-/m0/s1. The highest BCUT2D eigenvalue weighted by Gasteiger charge is 2.28. The summed E-state index contributed by atoms with van der Waals surface area (Å²) in [5.41, 5.74) is 1.76. The van der Waals surface area contributed by atoms with E-state index in [9.17, 15) is 14.7 Å². The molecule has 0 amide bonds. The van der Waals surface area contributed by atoms with E-state index in [1.54, 1.807) is 0 Å². The summed E-state index contributed by atoms with van der Waals surface area (Å²) in [7, 11) is 0. The Bertz CT molecular complexity index is 776. The number of carboxylic acid groups (broad SMARTS) is 1. The zero-order valence-electron chi connectivity index (χ0n) is 17.3. The molecule has 2 rings (SSSR count). The topological polar surface area (TPSA) is 88.5 Å². The molecule has 0 radical (unpaired) electrons. The lowest BCUT2D eigenvalue weighted by Gasteiger charge is -2.23. The van der Waals surface area contributed by atoms with Crippen molar-refractivity contribution in [2.24, 2.45) is 5.92 Å². The summed E-state index contributed by atoms with van der Waals surface area (Å²) in [4.78, 5) is 28.9. The Balaban J connectivity index is 2.15. The van der Waals surface area contributed by atoms with Gasteiger partial charge in [-0.05, 0) is 18.8 Å². The molecule has 7 heteroatoms. The number of rotatable bonds is 12. The summed E-state index contributed by atoms with van der Waals surface area (Å²) < 4.78 is 5.38. The van der Waals surface area contributed by atoms with Gasteiger partial charge >= 0.3 is 11.9 Å². The predicted octanol–water partition coefficient (Wildman–Crippen LogP) is 4.15. The number of nitrogens with one attached hydrogen (secondary N) is 1. The highest BCUT2D eigenvalue weighted by atomic mass is 32.1. The van der Waals surface area contributed by atoms with Crippen molar-refractivity contribution in [1.29, 1.82) is 0 Å².